The van der Waals surface area contributed by atoms with E-state index in [-0.39, 0.29) is 17.0 Å². The van der Waals surface area contributed by atoms with Crippen molar-refractivity contribution < 1.29 is 31.5 Å². The number of rotatable bonds is 4. The number of nitrogens with zero attached hydrogens (tertiary/aromatic N) is 2. The summed E-state index contributed by atoms with van der Waals surface area (Å²) >= 11 is 0. The van der Waals surface area contributed by atoms with Crippen molar-refractivity contribution in [3.8, 4) is 11.8 Å². The largest absolute Gasteiger partial charge is 0.480 e. The molecule has 3 rings (SSSR count). The van der Waals surface area contributed by atoms with E-state index in [0.29, 0.717) is 5.65 Å². The van der Waals surface area contributed by atoms with Crippen molar-refractivity contribution in [3.05, 3.63) is 71.2 Å². The Morgan fingerprint density at radius 3 is 2.59 bits per heavy atom. The summed E-state index contributed by atoms with van der Waals surface area (Å²) in [5.74, 6) is 2.05. The Labute approximate surface area is 163 Å². The first kappa shape index (κ1) is 20.4. The van der Waals surface area contributed by atoms with Crippen molar-refractivity contribution in [2.45, 2.75) is 11.9 Å². The van der Waals surface area contributed by atoms with Crippen LogP contribution < -0.4 is 0 Å². The molecule has 0 spiro atoms. The van der Waals surface area contributed by atoms with Crippen LogP contribution in [0.15, 0.2) is 48.7 Å². The molecular formula is C19H13F3N2O4S. The van der Waals surface area contributed by atoms with Crippen LogP contribution in [-0.2, 0) is 26.6 Å². The summed E-state index contributed by atoms with van der Waals surface area (Å²) in [6, 6.07) is 9.34. The van der Waals surface area contributed by atoms with Gasteiger partial charge in [0.2, 0.25) is 0 Å². The monoisotopic (exact) mass is 422 g/mol. The Morgan fingerprint density at radius 2 is 1.90 bits per heavy atom. The number of carbonyl (C=O) groups is 1. The zero-order valence-electron chi connectivity index (χ0n) is 14.6. The fourth-order valence-electron chi connectivity index (χ4n) is 2.63. The SMILES string of the molecule is O=C(O)CS(=O)(=O)Cc1nc2ccccn2c1C#Cc1cccc(C(F)(F)F)c1. The van der Waals surface area contributed by atoms with E-state index in [9.17, 15) is 26.4 Å². The summed E-state index contributed by atoms with van der Waals surface area (Å²) in [5.41, 5.74) is -0.206. The molecule has 0 aliphatic rings. The molecule has 10 heteroatoms. The first-order valence-electron chi connectivity index (χ1n) is 8.13. The Kier molecular flexibility index (Phi) is 5.35. The van der Waals surface area contributed by atoms with Gasteiger partial charge >= 0.3 is 12.1 Å². The van der Waals surface area contributed by atoms with Gasteiger partial charge in [0.25, 0.3) is 0 Å². The third kappa shape index (κ3) is 4.94. The third-order valence-corrected chi connectivity index (χ3v) is 5.22. The highest BCUT2D eigenvalue weighted by Gasteiger charge is 2.30. The van der Waals surface area contributed by atoms with E-state index < -0.39 is 39.1 Å². The Bertz CT molecular complexity index is 1250. The van der Waals surface area contributed by atoms with Crippen molar-refractivity contribution in [2.75, 3.05) is 5.75 Å². The highest BCUT2D eigenvalue weighted by molar-refractivity contribution is 7.91. The molecule has 6 nitrogen and oxygen atoms in total. The van der Waals surface area contributed by atoms with Gasteiger partial charge in [-0.15, -0.1) is 0 Å². The topological polar surface area (TPSA) is 88.7 Å². The number of aromatic nitrogens is 2. The molecule has 0 saturated carbocycles. The van der Waals surface area contributed by atoms with Gasteiger partial charge in [-0.3, -0.25) is 9.20 Å². The number of benzene rings is 1. The summed E-state index contributed by atoms with van der Waals surface area (Å²) < 4.78 is 64.2. The number of sulfone groups is 1. The molecule has 2 aromatic heterocycles. The van der Waals surface area contributed by atoms with E-state index in [1.165, 1.54) is 16.5 Å². The summed E-state index contributed by atoms with van der Waals surface area (Å²) in [7, 11) is -4.00. The minimum atomic E-state index is -4.52. The standard InChI is InChI=1S/C19H13F3N2O4S/c20-19(21,22)14-5-3-4-13(10-14)7-8-16-15(11-29(27,28)12-18(25)26)23-17-6-1-2-9-24(16)17/h1-6,9-10H,11-12H2,(H,25,26). The number of pyridine rings is 1. The summed E-state index contributed by atoms with van der Waals surface area (Å²) in [4.78, 5) is 14.9. The number of hydrogen-bond donors (Lipinski definition) is 1. The number of imidazole rings is 1. The lowest BCUT2D eigenvalue weighted by Gasteiger charge is -2.05. The van der Waals surface area contributed by atoms with E-state index in [1.54, 1.807) is 24.4 Å². The molecule has 1 N–H and O–H groups in total. The summed E-state index contributed by atoms with van der Waals surface area (Å²) in [5, 5.41) is 8.76. The quantitative estimate of drug-likeness (QED) is 0.654. The zero-order chi connectivity index (χ0) is 21.2. The van der Waals surface area contributed by atoms with Gasteiger partial charge in [0.05, 0.1) is 17.0 Å². The van der Waals surface area contributed by atoms with Crippen molar-refractivity contribution >= 4 is 21.5 Å². The molecule has 0 amide bonds. The molecular weight excluding hydrogens is 409 g/mol. The van der Waals surface area contributed by atoms with E-state index >= 15 is 0 Å². The second-order valence-corrected chi connectivity index (χ2v) is 8.15. The number of halogens is 3. The maximum Gasteiger partial charge on any atom is 0.416 e. The van der Waals surface area contributed by atoms with Crippen LogP contribution in [0, 0.1) is 11.8 Å². The lowest BCUT2D eigenvalue weighted by Crippen LogP contribution is -2.17. The second kappa shape index (κ2) is 7.60. The van der Waals surface area contributed by atoms with Crippen molar-refractivity contribution in [2.24, 2.45) is 0 Å². The predicted molar refractivity (Wildman–Crippen MR) is 97.7 cm³/mol. The van der Waals surface area contributed by atoms with Crippen LogP contribution in [0.25, 0.3) is 5.65 Å². The van der Waals surface area contributed by atoms with Gasteiger partial charge in [-0.2, -0.15) is 13.2 Å². The maximum absolute atomic E-state index is 12.9. The van der Waals surface area contributed by atoms with Crippen molar-refractivity contribution in [3.63, 3.8) is 0 Å². The molecule has 0 aliphatic heterocycles. The van der Waals surface area contributed by atoms with Gasteiger partial charge in [0, 0.05) is 11.8 Å². The molecule has 0 bridgehead atoms. The number of carboxylic acids is 1. The van der Waals surface area contributed by atoms with E-state index in [2.05, 4.69) is 16.8 Å². The van der Waals surface area contributed by atoms with E-state index in [0.717, 1.165) is 12.1 Å². The number of carboxylic acid groups (broad SMARTS) is 1. The number of alkyl halides is 3. The molecule has 2 heterocycles. The molecule has 29 heavy (non-hydrogen) atoms. The lowest BCUT2D eigenvalue weighted by molar-refractivity contribution is -0.137. The smallest absolute Gasteiger partial charge is 0.416 e. The average Bonchev–Trinajstić information content (AvgIpc) is 2.94. The Hall–Kier alpha value is -3.32. The van der Waals surface area contributed by atoms with E-state index in [4.69, 9.17) is 5.11 Å². The molecule has 0 radical (unpaired) electrons. The van der Waals surface area contributed by atoms with Gasteiger partial charge in [0.1, 0.15) is 17.1 Å². The molecule has 0 fully saturated rings. The summed E-state index contributed by atoms with van der Waals surface area (Å²) in [6.45, 7) is 0. The number of aliphatic carboxylic acids is 1. The van der Waals surface area contributed by atoms with Gasteiger partial charge < -0.3 is 5.11 Å². The zero-order valence-corrected chi connectivity index (χ0v) is 15.5. The predicted octanol–water partition coefficient (Wildman–Crippen LogP) is 2.75. The fraction of sp³-hybridized carbons (Fsp3) is 0.158. The van der Waals surface area contributed by atoms with Crippen LogP contribution in [0.2, 0.25) is 0 Å². The Balaban J connectivity index is 2.06. The van der Waals surface area contributed by atoms with Gasteiger partial charge in [-0.1, -0.05) is 18.1 Å². The van der Waals surface area contributed by atoms with Crippen LogP contribution >= 0.6 is 0 Å². The minimum absolute atomic E-state index is 0.0249. The number of hydrogen-bond acceptors (Lipinski definition) is 4. The average molecular weight is 422 g/mol. The Morgan fingerprint density at radius 1 is 1.14 bits per heavy atom. The normalized spacial score (nSPS) is 11.8. The third-order valence-electron chi connectivity index (χ3n) is 3.82. The molecule has 0 atom stereocenters. The molecule has 3 aromatic rings. The summed E-state index contributed by atoms with van der Waals surface area (Å²) in [6.07, 6.45) is -2.94. The van der Waals surface area contributed by atoms with Crippen LogP contribution in [0.3, 0.4) is 0 Å². The van der Waals surface area contributed by atoms with Crippen LogP contribution in [-0.4, -0.2) is 34.6 Å². The first-order chi connectivity index (χ1) is 13.5. The fourth-order valence-corrected chi connectivity index (χ4v) is 3.73. The van der Waals surface area contributed by atoms with Crippen molar-refractivity contribution in [1.29, 1.82) is 0 Å². The van der Waals surface area contributed by atoms with Crippen molar-refractivity contribution in [1.82, 2.24) is 9.38 Å². The van der Waals surface area contributed by atoms with Crippen LogP contribution in [0.5, 0.6) is 0 Å². The molecule has 0 aliphatic carbocycles. The molecule has 0 saturated heterocycles. The molecule has 150 valence electrons. The highest BCUT2D eigenvalue weighted by Crippen LogP contribution is 2.29. The van der Waals surface area contributed by atoms with Crippen LogP contribution in [0.4, 0.5) is 13.2 Å². The van der Waals surface area contributed by atoms with Gasteiger partial charge in [0.15, 0.2) is 9.84 Å². The first-order valence-corrected chi connectivity index (χ1v) is 9.95. The van der Waals surface area contributed by atoms with Gasteiger partial charge in [-0.25, -0.2) is 13.4 Å². The lowest BCUT2D eigenvalue weighted by atomic mass is 10.1. The van der Waals surface area contributed by atoms with E-state index in [1.807, 2.05) is 0 Å². The molecule has 1 aromatic carbocycles. The number of fused-ring (bicyclic) bond motifs is 1. The second-order valence-electron chi connectivity index (χ2n) is 6.09. The maximum atomic E-state index is 12.9. The van der Waals surface area contributed by atoms with Crippen LogP contribution in [0.1, 0.15) is 22.5 Å². The molecule has 0 unspecified atom stereocenters. The highest BCUT2D eigenvalue weighted by atomic mass is 32.2. The minimum Gasteiger partial charge on any atom is -0.480 e. The van der Waals surface area contributed by atoms with Gasteiger partial charge in [-0.05, 0) is 36.3 Å².